The van der Waals surface area contributed by atoms with Crippen LogP contribution in [0.1, 0.15) is 26.7 Å². The Morgan fingerprint density at radius 1 is 1.64 bits per heavy atom. The molecule has 0 radical (unpaired) electrons. The standard InChI is InChI=1S/C8H16N2O/c1-3-4-7(9)5-6(2)8(10)11/h5,7H,3-4,9H2,1-2H3,(H2,10,11). The molecule has 0 aliphatic carbocycles. The van der Waals surface area contributed by atoms with Crippen molar-refractivity contribution in [2.75, 3.05) is 0 Å². The van der Waals surface area contributed by atoms with E-state index < -0.39 is 5.91 Å². The lowest BCUT2D eigenvalue weighted by atomic mass is 10.1. The predicted molar refractivity (Wildman–Crippen MR) is 45.8 cm³/mol. The van der Waals surface area contributed by atoms with E-state index in [1.165, 1.54) is 0 Å². The van der Waals surface area contributed by atoms with Gasteiger partial charge in [0.2, 0.25) is 5.91 Å². The van der Waals surface area contributed by atoms with E-state index in [-0.39, 0.29) is 6.04 Å². The monoisotopic (exact) mass is 156 g/mol. The molecule has 0 saturated heterocycles. The number of nitrogens with two attached hydrogens (primary N) is 2. The molecule has 64 valence electrons. The molecule has 11 heavy (non-hydrogen) atoms. The third kappa shape index (κ3) is 4.56. The zero-order chi connectivity index (χ0) is 8.85. The normalized spacial score (nSPS) is 14.6. The van der Waals surface area contributed by atoms with Crippen LogP contribution in [-0.4, -0.2) is 11.9 Å². The Bertz CT molecular complexity index is 163. The van der Waals surface area contributed by atoms with Crippen LogP contribution in [0.25, 0.3) is 0 Å². The Labute approximate surface area is 67.4 Å². The quantitative estimate of drug-likeness (QED) is 0.583. The molecule has 0 heterocycles. The lowest BCUT2D eigenvalue weighted by Crippen LogP contribution is -2.20. The summed E-state index contributed by atoms with van der Waals surface area (Å²) in [6, 6.07) is -0.0347. The highest BCUT2D eigenvalue weighted by Gasteiger charge is 2.00. The lowest BCUT2D eigenvalue weighted by molar-refractivity contribution is -0.114. The SMILES string of the molecule is CCCC(N)C=C(C)C(N)=O. The van der Waals surface area contributed by atoms with Crippen molar-refractivity contribution in [3.05, 3.63) is 11.6 Å². The largest absolute Gasteiger partial charge is 0.366 e. The van der Waals surface area contributed by atoms with Gasteiger partial charge in [0.1, 0.15) is 0 Å². The van der Waals surface area contributed by atoms with Gasteiger partial charge in [-0.15, -0.1) is 0 Å². The second-order valence-electron chi connectivity index (χ2n) is 2.67. The Morgan fingerprint density at radius 2 is 2.18 bits per heavy atom. The molecular formula is C8H16N2O. The van der Waals surface area contributed by atoms with Crippen molar-refractivity contribution in [3.8, 4) is 0 Å². The van der Waals surface area contributed by atoms with Crippen molar-refractivity contribution >= 4 is 5.91 Å². The molecule has 0 saturated carbocycles. The molecule has 3 nitrogen and oxygen atoms in total. The molecule has 0 bridgehead atoms. The van der Waals surface area contributed by atoms with E-state index in [0.29, 0.717) is 5.57 Å². The third-order valence-electron chi connectivity index (χ3n) is 1.47. The first-order valence-corrected chi connectivity index (χ1v) is 3.81. The summed E-state index contributed by atoms with van der Waals surface area (Å²) in [6.45, 7) is 3.73. The van der Waals surface area contributed by atoms with Crippen molar-refractivity contribution in [1.82, 2.24) is 0 Å². The maximum absolute atomic E-state index is 10.5. The van der Waals surface area contributed by atoms with Crippen LogP contribution in [-0.2, 0) is 4.79 Å². The van der Waals surface area contributed by atoms with Crippen LogP contribution in [0.2, 0.25) is 0 Å². The van der Waals surface area contributed by atoms with Gasteiger partial charge in [0.25, 0.3) is 0 Å². The van der Waals surface area contributed by atoms with E-state index in [9.17, 15) is 4.79 Å². The highest BCUT2D eigenvalue weighted by atomic mass is 16.1. The molecule has 0 aromatic rings. The fraction of sp³-hybridized carbons (Fsp3) is 0.625. The van der Waals surface area contributed by atoms with Crippen molar-refractivity contribution in [2.24, 2.45) is 11.5 Å². The van der Waals surface area contributed by atoms with Gasteiger partial charge in [-0.25, -0.2) is 0 Å². The Balaban J connectivity index is 3.96. The van der Waals surface area contributed by atoms with E-state index >= 15 is 0 Å². The molecule has 1 amide bonds. The highest BCUT2D eigenvalue weighted by molar-refractivity contribution is 5.91. The number of primary amides is 1. The second kappa shape index (κ2) is 4.91. The zero-order valence-electron chi connectivity index (χ0n) is 7.13. The molecule has 0 aliphatic heterocycles. The summed E-state index contributed by atoms with van der Waals surface area (Å²) < 4.78 is 0. The number of rotatable bonds is 4. The summed E-state index contributed by atoms with van der Waals surface area (Å²) in [7, 11) is 0. The smallest absolute Gasteiger partial charge is 0.244 e. The first-order chi connectivity index (χ1) is 5.07. The molecule has 1 atom stereocenters. The third-order valence-corrected chi connectivity index (χ3v) is 1.47. The molecule has 0 fully saturated rings. The van der Waals surface area contributed by atoms with Gasteiger partial charge < -0.3 is 11.5 Å². The van der Waals surface area contributed by atoms with E-state index in [1.54, 1.807) is 13.0 Å². The van der Waals surface area contributed by atoms with E-state index in [2.05, 4.69) is 0 Å². The molecule has 3 heteroatoms. The molecular weight excluding hydrogens is 140 g/mol. The molecule has 0 aromatic carbocycles. The number of amides is 1. The van der Waals surface area contributed by atoms with Gasteiger partial charge in [-0.3, -0.25) is 4.79 Å². The van der Waals surface area contributed by atoms with Gasteiger partial charge in [-0.2, -0.15) is 0 Å². The van der Waals surface area contributed by atoms with Crippen LogP contribution >= 0.6 is 0 Å². The minimum Gasteiger partial charge on any atom is -0.366 e. The summed E-state index contributed by atoms with van der Waals surface area (Å²) in [6.07, 6.45) is 3.63. The highest BCUT2D eigenvalue weighted by Crippen LogP contribution is 1.99. The van der Waals surface area contributed by atoms with Gasteiger partial charge in [0, 0.05) is 11.6 Å². The minimum atomic E-state index is -0.392. The molecule has 1 unspecified atom stereocenters. The van der Waals surface area contributed by atoms with E-state index in [4.69, 9.17) is 11.5 Å². The van der Waals surface area contributed by atoms with Crippen molar-refractivity contribution in [3.63, 3.8) is 0 Å². The Kier molecular flexibility index (Phi) is 4.54. The zero-order valence-corrected chi connectivity index (χ0v) is 7.13. The van der Waals surface area contributed by atoms with Gasteiger partial charge in [0.15, 0.2) is 0 Å². The molecule has 0 aromatic heterocycles. The topological polar surface area (TPSA) is 69.1 Å². The Hall–Kier alpha value is -0.830. The van der Waals surface area contributed by atoms with E-state index in [0.717, 1.165) is 12.8 Å². The number of hydrogen-bond acceptors (Lipinski definition) is 2. The number of carbonyl (C=O) groups excluding carboxylic acids is 1. The van der Waals surface area contributed by atoms with Crippen LogP contribution < -0.4 is 11.5 Å². The van der Waals surface area contributed by atoms with Gasteiger partial charge >= 0.3 is 0 Å². The maximum Gasteiger partial charge on any atom is 0.244 e. The summed E-state index contributed by atoms with van der Waals surface area (Å²) in [5.74, 6) is -0.392. The van der Waals surface area contributed by atoms with E-state index in [1.807, 2.05) is 6.92 Å². The summed E-state index contributed by atoms with van der Waals surface area (Å²) in [5, 5.41) is 0. The number of hydrogen-bond donors (Lipinski definition) is 2. The number of carbonyl (C=O) groups is 1. The van der Waals surface area contributed by atoms with Crippen LogP contribution in [0.4, 0.5) is 0 Å². The molecule has 0 spiro atoms. The van der Waals surface area contributed by atoms with Gasteiger partial charge in [-0.05, 0) is 13.3 Å². The second-order valence-corrected chi connectivity index (χ2v) is 2.67. The van der Waals surface area contributed by atoms with Crippen molar-refractivity contribution in [1.29, 1.82) is 0 Å². The summed E-state index contributed by atoms with van der Waals surface area (Å²) in [5.41, 5.74) is 11.2. The van der Waals surface area contributed by atoms with Gasteiger partial charge in [0.05, 0.1) is 0 Å². The fourth-order valence-electron chi connectivity index (χ4n) is 0.820. The van der Waals surface area contributed by atoms with Crippen LogP contribution in [0.3, 0.4) is 0 Å². The first-order valence-electron chi connectivity index (χ1n) is 3.81. The van der Waals surface area contributed by atoms with Crippen LogP contribution in [0.5, 0.6) is 0 Å². The maximum atomic E-state index is 10.5. The molecule has 4 N–H and O–H groups in total. The van der Waals surface area contributed by atoms with Gasteiger partial charge in [-0.1, -0.05) is 19.4 Å². The first kappa shape index (κ1) is 10.2. The van der Waals surface area contributed by atoms with Crippen molar-refractivity contribution < 1.29 is 4.79 Å². The lowest BCUT2D eigenvalue weighted by Gasteiger charge is -2.04. The predicted octanol–water partition coefficient (Wildman–Crippen LogP) is 0.545. The average molecular weight is 156 g/mol. The average Bonchev–Trinajstić information content (AvgIpc) is 1.87. The summed E-state index contributed by atoms with van der Waals surface area (Å²) in [4.78, 5) is 10.5. The van der Waals surface area contributed by atoms with Crippen LogP contribution in [0, 0.1) is 0 Å². The Morgan fingerprint density at radius 3 is 2.55 bits per heavy atom. The van der Waals surface area contributed by atoms with Crippen LogP contribution in [0.15, 0.2) is 11.6 Å². The molecule has 0 aliphatic rings. The fourth-order valence-corrected chi connectivity index (χ4v) is 0.820. The van der Waals surface area contributed by atoms with Crippen molar-refractivity contribution in [2.45, 2.75) is 32.7 Å². The minimum absolute atomic E-state index is 0.0347. The molecule has 0 rings (SSSR count). The summed E-state index contributed by atoms with van der Waals surface area (Å²) >= 11 is 0.